The van der Waals surface area contributed by atoms with Gasteiger partial charge < -0.3 is 9.64 Å². The first-order chi connectivity index (χ1) is 14.1. The van der Waals surface area contributed by atoms with Crippen molar-refractivity contribution in [2.24, 2.45) is 0 Å². The molecule has 29 heavy (non-hydrogen) atoms. The molecule has 150 valence electrons. The Morgan fingerprint density at radius 2 is 2.00 bits per heavy atom. The van der Waals surface area contributed by atoms with Crippen LogP contribution >= 0.6 is 23.4 Å². The van der Waals surface area contributed by atoms with Crippen LogP contribution in [0.5, 0.6) is 0 Å². The minimum absolute atomic E-state index is 0.151. The van der Waals surface area contributed by atoms with Gasteiger partial charge in [0.25, 0.3) is 5.91 Å². The minimum Gasteiger partial charge on any atom is -0.378 e. The third kappa shape index (κ3) is 4.42. The van der Waals surface area contributed by atoms with Crippen LogP contribution in [-0.4, -0.2) is 62.1 Å². The van der Waals surface area contributed by atoms with Crippen LogP contribution in [-0.2, 0) is 10.5 Å². The SMILES string of the molecule is Cc1ccc(-n2nnc(C(=O)N3CCOCC3)c2CSc2ncccn2)cc1Cl. The van der Waals surface area contributed by atoms with Crippen molar-refractivity contribution in [2.45, 2.75) is 17.8 Å². The predicted molar refractivity (Wildman–Crippen MR) is 109 cm³/mol. The van der Waals surface area contributed by atoms with Gasteiger partial charge in [-0.2, -0.15) is 0 Å². The molecule has 10 heteroatoms. The number of amides is 1. The Bertz CT molecular complexity index is 1010. The first-order valence-corrected chi connectivity index (χ1v) is 10.5. The zero-order valence-electron chi connectivity index (χ0n) is 15.8. The number of ether oxygens (including phenoxy) is 1. The summed E-state index contributed by atoms with van der Waals surface area (Å²) in [5, 5.41) is 9.72. The lowest BCUT2D eigenvalue weighted by Crippen LogP contribution is -2.41. The lowest BCUT2D eigenvalue weighted by Gasteiger charge is -2.26. The number of carbonyl (C=O) groups is 1. The highest BCUT2D eigenvalue weighted by Crippen LogP contribution is 2.26. The average Bonchev–Trinajstić information content (AvgIpc) is 3.19. The van der Waals surface area contributed by atoms with E-state index in [-0.39, 0.29) is 5.91 Å². The highest BCUT2D eigenvalue weighted by Gasteiger charge is 2.26. The predicted octanol–water partition coefficient (Wildman–Crippen LogP) is 2.78. The largest absolute Gasteiger partial charge is 0.378 e. The summed E-state index contributed by atoms with van der Waals surface area (Å²) in [6.45, 7) is 4.06. The Balaban J connectivity index is 1.69. The van der Waals surface area contributed by atoms with Gasteiger partial charge in [-0.3, -0.25) is 4.79 Å². The van der Waals surface area contributed by atoms with E-state index < -0.39 is 0 Å². The quantitative estimate of drug-likeness (QED) is 0.454. The normalized spacial score (nSPS) is 14.2. The molecule has 1 fully saturated rings. The number of carbonyl (C=O) groups excluding carboxylic acids is 1. The van der Waals surface area contributed by atoms with Crippen LogP contribution in [0.1, 0.15) is 21.7 Å². The fourth-order valence-corrected chi connectivity index (χ4v) is 3.90. The Labute approximate surface area is 177 Å². The highest BCUT2D eigenvalue weighted by atomic mass is 35.5. The fraction of sp³-hybridized carbons (Fsp3) is 0.316. The van der Waals surface area contributed by atoms with Gasteiger partial charge in [0.1, 0.15) is 0 Å². The van der Waals surface area contributed by atoms with Gasteiger partial charge in [-0.1, -0.05) is 34.6 Å². The molecule has 1 saturated heterocycles. The van der Waals surface area contributed by atoms with E-state index in [2.05, 4.69) is 20.3 Å². The minimum atomic E-state index is -0.151. The molecule has 4 rings (SSSR count). The molecular formula is C19H19ClN6O2S. The van der Waals surface area contributed by atoms with Gasteiger partial charge in [-0.15, -0.1) is 5.10 Å². The van der Waals surface area contributed by atoms with E-state index in [1.807, 2.05) is 25.1 Å². The van der Waals surface area contributed by atoms with Crippen LogP contribution in [0.15, 0.2) is 41.8 Å². The van der Waals surface area contributed by atoms with E-state index in [4.69, 9.17) is 16.3 Å². The van der Waals surface area contributed by atoms with E-state index >= 15 is 0 Å². The van der Waals surface area contributed by atoms with Crippen LogP contribution < -0.4 is 0 Å². The van der Waals surface area contributed by atoms with Gasteiger partial charge in [0, 0.05) is 36.3 Å². The van der Waals surface area contributed by atoms with Gasteiger partial charge in [-0.05, 0) is 30.7 Å². The molecule has 0 aliphatic carbocycles. The van der Waals surface area contributed by atoms with Gasteiger partial charge in [0.2, 0.25) is 0 Å². The number of thioether (sulfide) groups is 1. The lowest BCUT2D eigenvalue weighted by molar-refractivity contribution is 0.0298. The number of nitrogens with zero attached hydrogens (tertiary/aromatic N) is 6. The number of halogens is 1. The Morgan fingerprint density at radius 3 is 2.72 bits per heavy atom. The molecule has 1 aliphatic rings. The van der Waals surface area contributed by atoms with E-state index in [0.29, 0.717) is 53.6 Å². The molecule has 0 atom stereocenters. The molecule has 1 aromatic carbocycles. The maximum Gasteiger partial charge on any atom is 0.276 e. The molecule has 0 N–H and O–H groups in total. The van der Waals surface area contributed by atoms with Crippen LogP contribution in [0.25, 0.3) is 5.69 Å². The first-order valence-electron chi connectivity index (χ1n) is 9.11. The fourth-order valence-electron chi connectivity index (χ4n) is 2.93. The summed E-state index contributed by atoms with van der Waals surface area (Å²) in [6, 6.07) is 7.41. The Morgan fingerprint density at radius 1 is 1.24 bits per heavy atom. The Kier molecular flexibility index (Phi) is 6.08. The number of benzene rings is 1. The topological polar surface area (TPSA) is 86.0 Å². The van der Waals surface area contributed by atoms with Crippen molar-refractivity contribution < 1.29 is 9.53 Å². The number of morpholine rings is 1. The Hall–Kier alpha value is -2.49. The highest BCUT2D eigenvalue weighted by molar-refractivity contribution is 7.98. The molecule has 1 aliphatic heterocycles. The summed E-state index contributed by atoms with van der Waals surface area (Å²) in [4.78, 5) is 23.3. The van der Waals surface area contributed by atoms with Gasteiger partial charge in [0.05, 0.1) is 24.6 Å². The van der Waals surface area contributed by atoms with Crippen molar-refractivity contribution in [3.05, 3.63) is 58.6 Å². The second-order valence-corrected chi connectivity index (χ2v) is 7.80. The lowest BCUT2D eigenvalue weighted by atomic mass is 10.2. The van der Waals surface area contributed by atoms with Crippen LogP contribution in [0, 0.1) is 6.92 Å². The van der Waals surface area contributed by atoms with Crippen molar-refractivity contribution in [3.8, 4) is 5.69 Å². The van der Waals surface area contributed by atoms with E-state index in [0.717, 1.165) is 11.3 Å². The molecule has 2 aromatic heterocycles. The van der Waals surface area contributed by atoms with Crippen molar-refractivity contribution >= 4 is 29.3 Å². The number of aromatic nitrogens is 5. The third-order valence-corrected chi connectivity index (χ3v) is 5.84. The monoisotopic (exact) mass is 430 g/mol. The van der Waals surface area contributed by atoms with E-state index in [1.165, 1.54) is 11.8 Å². The van der Waals surface area contributed by atoms with Crippen LogP contribution in [0.2, 0.25) is 5.02 Å². The average molecular weight is 431 g/mol. The molecule has 0 spiro atoms. The number of rotatable bonds is 5. The molecule has 1 amide bonds. The van der Waals surface area contributed by atoms with Crippen molar-refractivity contribution in [1.82, 2.24) is 29.9 Å². The molecule has 8 nitrogen and oxygen atoms in total. The van der Waals surface area contributed by atoms with Gasteiger partial charge in [-0.25, -0.2) is 14.6 Å². The molecule has 0 bridgehead atoms. The first kappa shape index (κ1) is 19.8. The van der Waals surface area contributed by atoms with Crippen LogP contribution in [0.3, 0.4) is 0 Å². The molecular weight excluding hydrogens is 412 g/mol. The maximum atomic E-state index is 13.1. The summed E-state index contributed by atoms with van der Waals surface area (Å²) < 4.78 is 7.01. The molecule has 3 aromatic rings. The van der Waals surface area contributed by atoms with Crippen molar-refractivity contribution in [2.75, 3.05) is 26.3 Å². The smallest absolute Gasteiger partial charge is 0.276 e. The third-order valence-electron chi connectivity index (χ3n) is 4.54. The van der Waals surface area contributed by atoms with Crippen molar-refractivity contribution in [1.29, 1.82) is 0 Å². The number of hydrogen-bond donors (Lipinski definition) is 0. The van der Waals surface area contributed by atoms with Crippen LogP contribution in [0.4, 0.5) is 0 Å². The zero-order chi connectivity index (χ0) is 20.2. The second-order valence-electron chi connectivity index (χ2n) is 6.45. The van der Waals surface area contributed by atoms with Crippen molar-refractivity contribution in [3.63, 3.8) is 0 Å². The summed E-state index contributed by atoms with van der Waals surface area (Å²) in [5.74, 6) is 0.288. The second kappa shape index (κ2) is 8.89. The molecule has 3 heterocycles. The zero-order valence-corrected chi connectivity index (χ0v) is 17.4. The summed E-state index contributed by atoms with van der Waals surface area (Å²) in [6.07, 6.45) is 3.37. The number of hydrogen-bond acceptors (Lipinski definition) is 7. The maximum absolute atomic E-state index is 13.1. The van der Waals surface area contributed by atoms with E-state index in [9.17, 15) is 4.79 Å². The summed E-state index contributed by atoms with van der Waals surface area (Å²) in [7, 11) is 0. The summed E-state index contributed by atoms with van der Waals surface area (Å²) >= 11 is 7.73. The molecule has 0 radical (unpaired) electrons. The van der Waals surface area contributed by atoms with E-state index in [1.54, 1.807) is 28.0 Å². The molecule has 0 saturated carbocycles. The molecule has 0 unspecified atom stereocenters. The summed E-state index contributed by atoms with van der Waals surface area (Å²) in [5.41, 5.74) is 2.72. The standard InChI is InChI=1S/C19H19ClN6O2S/c1-13-3-4-14(11-15(13)20)26-16(12-29-19-21-5-2-6-22-19)17(23-24-26)18(27)25-7-9-28-10-8-25/h2-6,11H,7-10,12H2,1H3. The van der Waals surface area contributed by atoms with Gasteiger partial charge >= 0.3 is 0 Å². The number of aryl methyl sites for hydroxylation is 1. The van der Waals surface area contributed by atoms with Gasteiger partial charge in [0.15, 0.2) is 10.9 Å².